The molecular weight excluding hydrogens is 158 g/mol. The van der Waals surface area contributed by atoms with E-state index in [0.717, 1.165) is 18.1 Å². The smallest absolute Gasteiger partial charge is 0.118 e. The van der Waals surface area contributed by atoms with Crippen LogP contribution in [0.25, 0.3) is 0 Å². The monoisotopic (exact) mass is 171 g/mol. The highest BCUT2D eigenvalue weighted by molar-refractivity contribution is 7.79. The van der Waals surface area contributed by atoms with Gasteiger partial charge in [-0.25, -0.2) is 0 Å². The molecule has 0 bridgehead atoms. The van der Waals surface area contributed by atoms with Crippen LogP contribution in [0.2, 0.25) is 0 Å². The second kappa shape index (κ2) is 3.83. The molecule has 0 saturated heterocycles. The Morgan fingerprint density at radius 1 is 1.36 bits per heavy atom. The normalized spacial score (nSPS) is 10.9. The van der Waals surface area contributed by atoms with Gasteiger partial charge in [-0.2, -0.15) is 12.6 Å². The Labute approximate surface area is 72.6 Å². The standard InChI is InChI=1S/C8H13NOS/c1-9(2)5-7-3-4-8(6-11)10-7/h3-4,11H,5-6H2,1-2H3. The van der Waals surface area contributed by atoms with Gasteiger partial charge in [-0.05, 0) is 26.2 Å². The molecule has 0 fully saturated rings. The maximum atomic E-state index is 5.43. The van der Waals surface area contributed by atoms with Crippen molar-refractivity contribution in [2.24, 2.45) is 0 Å². The largest absolute Gasteiger partial charge is 0.464 e. The third kappa shape index (κ3) is 2.60. The molecule has 11 heavy (non-hydrogen) atoms. The summed E-state index contributed by atoms with van der Waals surface area (Å²) in [4.78, 5) is 2.07. The van der Waals surface area contributed by atoms with E-state index in [1.807, 2.05) is 26.2 Å². The van der Waals surface area contributed by atoms with Crippen LogP contribution in [0.4, 0.5) is 0 Å². The van der Waals surface area contributed by atoms with Gasteiger partial charge in [0.15, 0.2) is 0 Å². The molecule has 0 N–H and O–H groups in total. The van der Waals surface area contributed by atoms with Crippen molar-refractivity contribution >= 4 is 12.6 Å². The molecule has 1 rings (SSSR count). The van der Waals surface area contributed by atoms with E-state index < -0.39 is 0 Å². The predicted molar refractivity (Wildman–Crippen MR) is 48.8 cm³/mol. The van der Waals surface area contributed by atoms with Gasteiger partial charge in [-0.1, -0.05) is 0 Å². The third-order valence-corrected chi connectivity index (χ3v) is 1.66. The Hall–Kier alpha value is -0.410. The quantitative estimate of drug-likeness (QED) is 0.698. The van der Waals surface area contributed by atoms with Gasteiger partial charge in [-0.3, -0.25) is 0 Å². The lowest BCUT2D eigenvalue weighted by molar-refractivity contribution is 0.344. The number of hydrogen-bond acceptors (Lipinski definition) is 3. The molecule has 62 valence electrons. The van der Waals surface area contributed by atoms with E-state index in [9.17, 15) is 0 Å². The van der Waals surface area contributed by atoms with Crippen LogP contribution in [0.5, 0.6) is 0 Å². The molecule has 0 saturated carbocycles. The molecule has 0 radical (unpaired) electrons. The molecule has 1 heterocycles. The molecule has 3 heteroatoms. The summed E-state index contributed by atoms with van der Waals surface area (Å²) in [6.45, 7) is 0.855. The van der Waals surface area contributed by atoms with Gasteiger partial charge < -0.3 is 9.32 Å². The number of nitrogens with zero attached hydrogens (tertiary/aromatic N) is 1. The number of rotatable bonds is 3. The van der Waals surface area contributed by atoms with E-state index in [-0.39, 0.29) is 0 Å². The molecule has 0 spiro atoms. The first-order valence-corrected chi connectivity index (χ1v) is 4.19. The third-order valence-electron chi connectivity index (χ3n) is 1.35. The average Bonchev–Trinajstić information content (AvgIpc) is 2.34. The summed E-state index contributed by atoms with van der Waals surface area (Å²) >= 11 is 4.11. The van der Waals surface area contributed by atoms with Gasteiger partial charge in [0.1, 0.15) is 11.5 Å². The Morgan fingerprint density at radius 3 is 2.45 bits per heavy atom. The van der Waals surface area contributed by atoms with E-state index in [2.05, 4.69) is 17.5 Å². The van der Waals surface area contributed by atoms with Crippen LogP contribution < -0.4 is 0 Å². The van der Waals surface area contributed by atoms with Gasteiger partial charge in [0.25, 0.3) is 0 Å². The van der Waals surface area contributed by atoms with Crippen LogP contribution in [-0.2, 0) is 12.3 Å². The molecule has 1 aromatic rings. The summed E-state index contributed by atoms with van der Waals surface area (Å²) in [5.74, 6) is 2.61. The maximum absolute atomic E-state index is 5.43. The molecule has 0 aromatic carbocycles. The zero-order valence-electron chi connectivity index (χ0n) is 6.87. The fourth-order valence-corrected chi connectivity index (χ4v) is 1.07. The first kappa shape index (κ1) is 8.68. The first-order chi connectivity index (χ1) is 5.22. The van der Waals surface area contributed by atoms with Crippen molar-refractivity contribution in [2.75, 3.05) is 14.1 Å². The second-order valence-corrected chi connectivity index (χ2v) is 3.08. The lowest BCUT2D eigenvalue weighted by Gasteiger charge is -2.05. The minimum Gasteiger partial charge on any atom is -0.464 e. The molecule has 0 aliphatic rings. The molecule has 2 nitrogen and oxygen atoms in total. The summed E-state index contributed by atoms with van der Waals surface area (Å²) in [6, 6.07) is 3.96. The van der Waals surface area contributed by atoms with E-state index in [4.69, 9.17) is 4.42 Å². The van der Waals surface area contributed by atoms with Crippen molar-refractivity contribution in [1.29, 1.82) is 0 Å². The fourth-order valence-electron chi connectivity index (χ4n) is 0.904. The van der Waals surface area contributed by atoms with Gasteiger partial charge in [0.2, 0.25) is 0 Å². The van der Waals surface area contributed by atoms with Crippen molar-refractivity contribution in [3.05, 3.63) is 23.7 Å². The van der Waals surface area contributed by atoms with Crippen molar-refractivity contribution in [1.82, 2.24) is 4.90 Å². The van der Waals surface area contributed by atoms with Gasteiger partial charge >= 0.3 is 0 Å². The lowest BCUT2D eigenvalue weighted by Crippen LogP contribution is -2.09. The molecule has 0 aliphatic heterocycles. The number of hydrogen-bond donors (Lipinski definition) is 1. The number of thiol groups is 1. The predicted octanol–water partition coefficient (Wildman–Crippen LogP) is 1.77. The van der Waals surface area contributed by atoms with Crippen molar-refractivity contribution in [3.8, 4) is 0 Å². The molecule has 0 aliphatic carbocycles. The highest BCUT2D eigenvalue weighted by Gasteiger charge is 2.00. The van der Waals surface area contributed by atoms with E-state index >= 15 is 0 Å². The van der Waals surface area contributed by atoms with Crippen molar-refractivity contribution < 1.29 is 4.42 Å². The first-order valence-electron chi connectivity index (χ1n) is 3.55. The minimum atomic E-state index is 0.674. The highest BCUT2D eigenvalue weighted by atomic mass is 32.1. The molecule has 1 aromatic heterocycles. The SMILES string of the molecule is CN(C)Cc1ccc(CS)o1. The molecule has 0 unspecified atom stereocenters. The lowest BCUT2D eigenvalue weighted by atomic mass is 10.4. The summed E-state index contributed by atoms with van der Waals surface area (Å²) in [5, 5.41) is 0. The van der Waals surface area contributed by atoms with Crippen LogP contribution in [0.15, 0.2) is 16.5 Å². The second-order valence-electron chi connectivity index (χ2n) is 2.76. The topological polar surface area (TPSA) is 16.4 Å². The van der Waals surface area contributed by atoms with Crippen LogP contribution in [0.3, 0.4) is 0 Å². The summed E-state index contributed by atoms with van der Waals surface area (Å²) in [7, 11) is 4.03. The van der Waals surface area contributed by atoms with Gasteiger partial charge in [-0.15, -0.1) is 0 Å². The fraction of sp³-hybridized carbons (Fsp3) is 0.500. The number of furan rings is 1. The van der Waals surface area contributed by atoms with Crippen molar-refractivity contribution in [2.45, 2.75) is 12.3 Å². The Morgan fingerprint density at radius 2 is 2.00 bits per heavy atom. The van der Waals surface area contributed by atoms with Gasteiger partial charge in [0, 0.05) is 5.75 Å². The minimum absolute atomic E-state index is 0.674. The average molecular weight is 171 g/mol. The molecule has 0 atom stereocenters. The van der Waals surface area contributed by atoms with Gasteiger partial charge in [0.05, 0.1) is 6.54 Å². The Bertz CT molecular complexity index is 220. The Kier molecular flexibility index (Phi) is 3.02. The van der Waals surface area contributed by atoms with E-state index in [1.165, 1.54) is 0 Å². The highest BCUT2D eigenvalue weighted by Crippen LogP contribution is 2.10. The van der Waals surface area contributed by atoms with Crippen LogP contribution in [-0.4, -0.2) is 19.0 Å². The molecular formula is C8H13NOS. The van der Waals surface area contributed by atoms with E-state index in [0.29, 0.717) is 5.75 Å². The molecule has 0 amide bonds. The van der Waals surface area contributed by atoms with E-state index in [1.54, 1.807) is 0 Å². The summed E-state index contributed by atoms with van der Waals surface area (Å²) < 4.78 is 5.43. The summed E-state index contributed by atoms with van der Waals surface area (Å²) in [6.07, 6.45) is 0. The Balaban J connectivity index is 2.58. The van der Waals surface area contributed by atoms with Crippen LogP contribution in [0.1, 0.15) is 11.5 Å². The maximum Gasteiger partial charge on any atom is 0.118 e. The zero-order valence-corrected chi connectivity index (χ0v) is 7.77. The summed E-state index contributed by atoms with van der Waals surface area (Å²) in [5.41, 5.74) is 0. The van der Waals surface area contributed by atoms with Crippen LogP contribution in [0, 0.1) is 0 Å². The van der Waals surface area contributed by atoms with Crippen molar-refractivity contribution in [3.63, 3.8) is 0 Å². The van der Waals surface area contributed by atoms with Crippen LogP contribution >= 0.6 is 12.6 Å². The zero-order chi connectivity index (χ0) is 8.27.